The molecule has 0 aromatic carbocycles. The molecule has 50 valence electrons. The maximum absolute atomic E-state index is 10.8. The highest BCUT2D eigenvalue weighted by molar-refractivity contribution is 5.95. The second-order valence-electron chi connectivity index (χ2n) is 2.14. The van der Waals surface area contributed by atoms with Gasteiger partial charge in [-0.2, -0.15) is 0 Å². The fourth-order valence-corrected chi connectivity index (χ4v) is 0.979. The van der Waals surface area contributed by atoms with Crippen LogP contribution in [0.15, 0.2) is 11.6 Å². The Morgan fingerprint density at radius 2 is 2.56 bits per heavy atom. The van der Waals surface area contributed by atoms with Gasteiger partial charge in [-0.05, 0) is 12.8 Å². The molecule has 9 heavy (non-hydrogen) atoms. The van der Waals surface area contributed by atoms with Gasteiger partial charge in [-0.3, -0.25) is 4.79 Å². The van der Waals surface area contributed by atoms with Crippen LogP contribution in [0, 0.1) is 0 Å². The van der Waals surface area contributed by atoms with E-state index in [2.05, 4.69) is 5.32 Å². The van der Waals surface area contributed by atoms with Crippen LogP contribution >= 0.6 is 0 Å². The van der Waals surface area contributed by atoms with E-state index < -0.39 is 0 Å². The molecule has 1 saturated heterocycles. The van der Waals surface area contributed by atoms with Gasteiger partial charge in [0, 0.05) is 12.1 Å². The largest absolute Gasteiger partial charge is 0.352 e. The van der Waals surface area contributed by atoms with Crippen LogP contribution < -0.4 is 5.32 Å². The van der Waals surface area contributed by atoms with E-state index in [1.807, 2.05) is 13.0 Å². The van der Waals surface area contributed by atoms with Crippen LogP contribution in [0.5, 0.6) is 0 Å². The van der Waals surface area contributed by atoms with Gasteiger partial charge in [0.25, 0.3) is 0 Å². The van der Waals surface area contributed by atoms with Crippen molar-refractivity contribution < 1.29 is 4.79 Å². The highest BCUT2D eigenvalue weighted by Crippen LogP contribution is 2.07. The van der Waals surface area contributed by atoms with Gasteiger partial charge in [-0.25, -0.2) is 0 Å². The summed E-state index contributed by atoms with van der Waals surface area (Å²) in [5, 5.41) is 2.75. The van der Waals surface area contributed by atoms with E-state index in [1.165, 1.54) is 0 Å². The van der Waals surface area contributed by atoms with Crippen LogP contribution in [0.25, 0.3) is 0 Å². The van der Waals surface area contributed by atoms with Crippen molar-refractivity contribution in [3.63, 3.8) is 0 Å². The van der Waals surface area contributed by atoms with Crippen molar-refractivity contribution in [2.45, 2.75) is 19.8 Å². The molecule has 0 aromatic rings. The number of carbonyl (C=O) groups is 1. The maximum Gasteiger partial charge on any atom is 0.246 e. The molecular weight excluding hydrogens is 114 g/mol. The average molecular weight is 125 g/mol. The monoisotopic (exact) mass is 125 g/mol. The molecule has 1 rings (SSSR count). The van der Waals surface area contributed by atoms with Crippen LogP contribution in [-0.2, 0) is 4.79 Å². The number of hydrogen-bond acceptors (Lipinski definition) is 1. The Bertz CT molecular complexity index is 149. The summed E-state index contributed by atoms with van der Waals surface area (Å²) in [6.07, 6.45) is 3.86. The van der Waals surface area contributed by atoms with Gasteiger partial charge in [0.15, 0.2) is 0 Å². The molecule has 0 atom stereocenters. The van der Waals surface area contributed by atoms with Gasteiger partial charge >= 0.3 is 0 Å². The van der Waals surface area contributed by atoms with E-state index in [4.69, 9.17) is 0 Å². The minimum Gasteiger partial charge on any atom is -0.352 e. The Morgan fingerprint density at radius 1 is 1.78 bits per heavy atom. The van der Waals surface area contributed by atoms with Gasteiger partial charge in [0.1, 0.15) is 0 Å². The molecule has 2 nitrogen and oxygen atoms in total. The predicted octanol–water partition coefficient (Wildman–Crippen LogP) is 0.843. The molecule has 0 aromatic heterocycles. The molecule has 2 heteroatoms. The average Bonchev–Trinajstić information content (AvgIpc) is 2.18. The van der Waals surface area contributed by atoms with Crippen molar-refractivity contribution in [1.29, 1.82) is 0 Å². The molecule has 0 unspecified atom stereocenters. The molecule has 1 fully saturated rings. The lowest BCUT2D eigenvalue weighted by atomic mass is 10.2. The summed E-state index contributed by atoms with van der Waals surface area (Å²) in [4.78, 5) is 10.8. The third kappa shape index (κ3) is 1.31. The summed E-state index contributed by atoms with van der Waals surface area (Å²) < 4.78 is 0. The molecule has 0 spiro atoms. The highest BCUT2D eigenvalue weighted by Gasteiger charge is 2.13. The molecule has 0 aliphatic carbocycles. The maximum atomic E-state index is 10.8. The first-order chi connectivity index (χ1) is 4.34. The van der Waals surface area contributed by atoms with Crippen LogP contribution in [0.2, 0.25) is 0 Å². The van der Waals surface area contributed by atoms with Gasteiger partial charge in [-0.1, -0.05) is 13.0 Å². The van der Waals surface area contributed by atoms with Crippen molar-refractivity contribution in [1.82, 2.24) is 5.32 Å². The lowest BCUT2D eigenvalue weighted by molar-refractivity contribution is -0.116. The van der Waals surface area contributed by atoms with E-state index in [9.17, 15) is 4.79 Å². The summed E-state index contributed by atoms with van der Waals surface area (Å²) in [5.41, 5.74) is 0.956. The Kier molecular flexibility index (Phi) is 1.88. The minimum atomic E-state index is 0.122. The van der Waals surface area contributed by atoms with Crippen molar-refractivity contribution >= 4 is 5.91 Å². The molecule has 0 saturated carbocycles. The first-order valence-corrected chi connectivity index (χ1v) is 3.32. The van der Waals surface area contributed by atoms with Crippen LogP contribution in [-0.4, -0.2) is 12.5 Å². The summed E-state index contributed by atoms with van der Waals surface area (Å²) in [6, 6.07) is 0. The topological polar surface area (TPSA) is 29.1 Å². The number of carbonyl (C=O) groups excluding carboxylic acids is 1. The summed E-state index contributed by atoms with van der Waals surface area (Å²) in [5.74, 6) is 0.122. The highest BCUT2D eigenvalue weighted by atomic mass is 16.1. The van der Waals surface area contributed by atoms with Gasteiger partial charge in [0.05, 0.1) is 0 Å². The zero-order valence-electron chi connectivity index (χ0n) is 5.61. The third-order valence-corrected chi connectivity index (χ3v) is 1.42. The van der Waals surface area contributed by atoms with Crippen molar-refractivity contribution in [2.24, 2.45) is 0 Å². The third-order valence-electron chi connectivity index (χ3n) is 1.42. The zero-order chi connectivity index (χ0) is 6.69. The predicted molar refractivity (Wildman–Crippen MR) is 36.0 cm³/mol. The first kappa shape index (κ1) is 6.33. The Morgan fingerprint density at radius 3 is 3.00 bits per heavy atom. The van der Waals surface area contributed by atoms with E-state index >= 15 is 0 Å². The lowest BCUT2D eigenvalue weighted by Crippen LogP contribution is -2.13. The number of amides is 1. The summed E-state index contributed by atoms with van der Waals surface area (Å²) in [7, 11) is 0. The Hall–Kier alpha value is -0.790. The van der Waals surface area contributed by atoms with E-state index in [-0.39, 0.29) is 5.91 Å². The van der Waals surface area contributed by atoms with Gasteiger partial charge in [0.2, 0.25) is 5.91 Å². The standard InChI is InChI=1S/C7H11NO/c1-2-3-6-4-5-8-7(6)9/h3H,2,4-5H2,1H3,(H,8,9)/b6-3-. The fourth-order valence-electron chi connectivity index (χ4n) is 0.979. The normalized spacial score (nSPS) is 22.8. The summed E-state index contributed by atoms with van der Waals surface area (Å²) in [6.45, 7) is 2.86. The van der Waals surface area contributed by atoms with Gasteiger partial charge < -0.3 is 5.32 Å². The molecule has 1 amide bonds. The van der Waals surface area contributed by atoms with Crippen molar-refractivity contribution in [3.05, 3.63) is 11.6 Å². The smallest absolute Gasteiger partial charge is 0.246 e. The van der Waals surface area contributed by atoms with Crippen molar-refractivity contribution in [3.8, 4) is 0 Å². The minimum absolute atomic E-state index is 0.122. The van der Waals surface area contributed by atoms with E-state index in [0.717, 1.165) is 25.0 Å². The molecule has 1 aliphatic rings. The fraction of sp³-hybridized carbons (Fsp3) is 0.571. The zero-order valence-corrected chi connectivity index (χ0v) is 5.61. The molecule has 0 radical (unpaired) electrons. The van der Waals surface area contributed by atoms with Crippen LogP contribution in [0.3, 0.4) is 0 Å². The molecule has 0 bridgehead atoms. The second kappa shape index (κ2) is 2.67. The summed E-state index contributed by atoms with van der Waals surface area (Å²) >= 11 is 0. The lowest BCUT2D eigenvalue weighted by Gasteiger charge is -1.88. The number of allylic oxidation sites excluding steroid dienone is 1. The van der Waals surface area contributed by atoms with Crippen molar-refractivity contribution in [2.75, 3.05) is 6.54 Å². The molecule has 1 N–H and O–H groups in total. The molecule has 1 heterocycles. The first-order valence-electron chi connectivity index (χ1n) is 3.32. The van der Waals surface area contributed by atoms with Crippen LogP contribution in [0.4, 0.5) is 0 Å². The Balaban J connectivity index is 2.59. The van der Waals surface area contributed by atoms with Crippen LogP contribution in [0.1, 0.15) is 19.8 Å². The SMILES string of the molecule is CC/C=C1/CCNC1=O. The quantitative estimate of drug-likeness (QED) is 0.517. The number of nitrogens with one attached hydrogen (secondary N) is 1. The van der Waals surface area contributed by atoms with E-state index in [1.54, 1.807) is 0 Å². The Labute approximate surface area is 54.9 Å². The number of hydrogen-bond donors (Lipinski definition) is 1. The van der Waals surface area contributed by atoms with E-state index in [0.29, 0.717) is 0 Å². The second-order valence-corrected chi connectivity index (χ2v) is 2.14. The van der Waals surface area contributed by atoms with Gasteiger partial charge in [-0.15, -0.1) is 0 Å². The molecule has 1 aliphatic heterocycles. The number of rotatable bonds is 1. The molecular formula is C7H11NO.